The van der Waals surface area contributed by atoms with E-state index in [0.717, 1.165) is 5.56 Å². The second kappa shape index (κ2) is 6.00. The van der Waals surface area contributed by atoms with Crippen molar-refractivity contribution in [1.29, 1.82) is 0 Å². The van der Waals surface area contributed by atoms with Gasteiger partial charge in [-0.3, -0.25) is 0 Å². The highest BCUT2D eigenvalue weighted by Crippen LogP contribution is 2.27. The van der Waals surface area contributed by atoms with E-state index < -0.39 is 9.84 Å². The molecule has 0 spiro atoms. The molecule has 0 fully saturated rings. The van der Waals surface area contributed by atoms with Crippen molar-refractivity contribution >= 4 is 38.6 Å². The Hall–Kier alpha value is -1.29. The highest BCUT2D eigenvalue weighted by atomic mass is 35.5. The van der Waals surface area contributed by atoms with E-state index in [9.17, 15) is 8.42 Å². The predicted molar refractivity (Wildman–Crippen MR) is 84.0 cm³/mol. The molecule has 0 unspecified atom stereocenters. The molecule has 0 saturated carbocycles. The second-order valence-electron chi connectivity index (χ2n) is 4.30. The summed E-state index contributed by atoms with van der Waals surface area (Å²) < 4.78 is 24.6. The smallest absolute Gasteiger partial charge is 0.182 e. The Kier molecular flexibility index (Phi) is 4.53. The molecule has 0 atom stereocenters. The van der Waals surface area contributed by atoms with E-state index in [2.05, 4.69) is 6.58 Å². The normalized spacial score (nSPS) is 11.3. The summed E-state index contributed by atoms with van der Waals surface area (Å²) in [6.45, 7) is 3.84. The van der Waals surface area contributed by atoms with Gasteiger partial charge in [-0.25, -0.2) is 8.42 Å². The van der Waals surface area contributed by atoms with Crippen molar-refractivity contribution in [2.24, 2.45) is 0 Å². The number of rotatable bonds is 4. The number of halogens is 2. The summed E-state index contributed by atoms with van der Waals surface area (Å²) in [4.78, 5) is 0.143. The number of sulfone groups is 1. The van der Waals surface area contributed by atoms with Gasteiger partial charge in [-0.05, 0) is 29.3 Å². The number of hydrogen-bond donors (Lipinski definition) is 0. The van der Waals surface area contributed by atoms with Crippen LogP contribution in [-0.2, 0) is 9.84 Å². The fraction of sp³-hybridized carbons (Fsp3) is 0.0667. The van der Waals surface area contributed by atoms with Gasteiger partial charge in [-0.2, -0.15) is 0 Å². The van der Waals surface area contributed by atoms with Crippen LogP contribution < -0.4 is 0 Å². The fourth-order valence-electron chi connectivity index (χ4n) is 1.74. The molecule has 0 bridgehead atoms. The van der Waals surface area contributed by atoms with Crippen molar-refractivity contribution in [3.8, 4) is 0 Å². The standard InChI is InChI=1S/C15H12Cl2O2S/c1-11(12-5-3-2-4-6-12)10-20(18,19)13-7-8-14(16)15(17)9-13/h2-9H,1,10H2. The fourth-order valence-corrected chi connectivity index (χ4v) is 3.47. The first-order valence-electron chi connectivity index (χ1n) is 5.81. The van der Waals surface area contributed by atoms with Gasteiger partial charge >= 0.3 is 0 Å². The Morgan fingerprint density at radius 2 is 1.65 bits per heavy atom. The summed E-state index contributed by atoms with van der Waals surface area (Å²) >= 11 is 11.6. The minimum Gasteiger partial charge on any atom is -0.223 e. The lowest BCUT2D eigenvalue weighted by atomic mass is 10.1. The molecule has 2 rings (SSSR count). The zero-order valence-corrected chi connectivity index (χ0v) is 12.8. The monoisotopic (exact) mass is 326 g/mol. The van der Waals surface area contributed by atoms with Gasteiger partial charge < -0.3 is 0 Å². The molecule has 2 aromatic carbocycles. The van der Waals surface area contributed by atoms with E-state index in [0.29, 0.717) is 10.6 Å². The zero-order valence-electron chi connectivity index (χ0n) is 10.5. The van der Waals surface area contributed by atoms with Crippen LogP contribution in [0.3, 0.4) is 0 Å². The van der Waals surface area contributed by atoms with Crippen LogP contribution in [0, 0.1) is 0 Å². The third kappa shape index (κ3) is 3.42. The predicted octanol–water partition coefficient (Wildman–Crippen LogP) is 4.48. The van der Waals surface area contributed by atoms with Gasteiger partial charge in [-0.15, -0.1) is 0 Å². The quantitative estimate of drug-likeness (QED) is 0.830. The third-order valence-corrected chi connectivity index (χ3v) is 5.24. The Labute approximate surface area is 128 Å². The summed E-state index contributed by atoms with van der Waals surface area (Å²) in [6.07, 6.45) is 0. The SMILES string of the molecule is C=C(CS(=O)(=O)c1ccc(Cl)c(Cl)c1)c1ccccc1. The van der Waals surface area contributed by atoms with Crippen LogP contribution in [0.15, 0.2) is 60.0 Å². The van der Waals surface area contributed by atoms with E-state index in [1.165, 1.54) is 18.2 Å². The molecule has 104 valence electrons. The first-order chi connectivity index (χ1) is 9.40. The number of benzene rings is 2. The lowest BCUT2D eigenvalue weighted by Crippen LogP contribution is -2.08. The van der Waals surface area contributed by atoms with Crippen LogP contribution in [0.2, 0.25) is 10.0 Å². The lowest BCUT2D eigenvalue weighted by Gasteiger charge is -2.08. The molecule has 0 aliphatic heterocycles. The highest BCUT2D eigenvalue weighted by Gasteiger charge is 2.17. The van der Waals surface area contributed by atoms with E-state index in [-0.39, 0.29) is 15.7 Å². The molecule has 0 radical (unpaired) electrons. The van der Waals surface area contributed by atoms with Crippen molar-refractivity contribution in [2.75, 3.05) is 5.75 Å². The maximum Gasteiger partial charge on any atom is 0.182 e. The molecule has 2 nitrogen and oxygen atoms in total. The Balaban J connectivity index is 2.27. The van der Waals surface area contributed by atoms with Gasteiger partial charge in [0.2, 0.25) is 0 Å². The van der Waals surface area contributed by atoms with Crippen LogP contribution >= 0.6 is 23.2 Å². The second-order valence-corrected chi connectivity index (χ2v) is 7.11. The molecular formula is C15H12Cl2O2S. The Morgan fingerprint density at radius 3 is 2.25 bits per heavy atom. The van der Waals surface area contributed by atoms with Crippen molar-refractivity contribution < 1.29 is 8.42 Å². The first kappa shape index (κ1) is 15.1. The third-order valence-electron chi connectivity index (χ3n) is 2.80. The van der Waals surface area contributed by atoms with Gasteiger partial charge in [0.1, 0.15) is 0 Å². The van der Waals surface area contributed by atoms with Gasteiger partial charge in [0, 0.05) is 0 Å². The maximum atomic E-state index is 12.3. The topological polar surface area (TPSA) is 34.1 Å². The molecular weight excluding hydrogens is 315 g/mol. The maximum absolute atomic E-state index is 12.3. The minimum atomic E-state index is -3.49. The van der Waals surface area contributed by atoms with Crippen molar-refractivity contribution in [2.45, 2.75) is 4.90 Å². The van der Waals surface area contributed by atoms with Crippen molar-refractivity contribution in [3.63, 3.8) is 0 Å². The Bertz CT molecular complexity index is 738. The molecule has 20 heavy (non-hydrogen) atoms. The molecule has 0 aliphatic carbocycles. The summed E-state index contributed by atoms with van der Waals surface area (Å²) in [7, 11) is -3.49. The van der Waals surface area contributed by atoms with Crippen LogP contribution in [0.4, 0.5) is 0 Å². The first-order valence-corrected chi connectivity index (χ1v) is 8.22. The molecule has 0 saturated heterocycles. The highest BCUT2D eigenvalue weighted by molar-refractivity contribution is 7.91. The summed E-state index contributed by atoms with van der Waals surface area (Å²) in [5.41, 5.74) is 1.34. The van der Waals surface area contributed by atoms with Crippen LogP contribution in [0.5, 0.6) is 0 Å². The van der Waals surface area contributed by atoms with Crippen LogP contribution in [-0.4, -0.2) is 14.2 Å². The Morgan fingerprint density at radius 1 is 1.00 bits per heavy atom. The van der Waals surface area contributed by atoms with E-state index in [1.807, 2.05) is 30.3 Å². The average molecular weight is 327 g/mol. The molecule has 5 heteroatoms. The molecule has 0 heterocycles. The minimum absolute atomic E-state index is 0.143. The largest absolute Gasteiger partial charge is 0.223 e. The van der Waals surface area contributed by atoms with E-state index in [4.69, 9.17) is 23.2 Å². The van der Waals surface area contributed by atoms with E-state index in [1.54, 1.807) is 0 Å². The van der Waals surface area contributed by atoms with E-state index >= 15 is 0 Å². The van der Waals surface area contributed by atoms with Crippen molar-refractivity contribution in [1.82, 2.24) is 0 Å². The lowest BCUT2D eigenvalue weighted by molar-refractivity contribution is 0.599. The summed E-state index contributed by atoms with van der Waals surface area (Å²) in [5.74, 6) is -0.158. The van der Waals surface area contributed by atoms with Gasteiger partial charge in [-0.1, -0.05) is 60.1 Å². The average Bonchev–Trinajstić information content (AvgIpc) is 2.42. The molecule has 0 aromatic heterocycles. The molecule has 2 aromatic rings. The summed E-state index contributed by atoms with van der Waals surface area (Å²) in [6, 6.07) is 13.5. The van der Waals surface area contributed by atoms with Crippen LogP contribution in [0.1, 0.15) is 5.56 Å². The molecule has 0 amide bonds. The van der Waals surface area contributed by atoms with Crippen LogP contribution in [0.25, 0.3) is 5.57 Å². The number of hydrogen-bond acceptors (Lipinski definition) is 2. The summed E-state index contributed by atoms with van der Waals surface area (Å²) in [5, 5.41) is 0.547. The molecule has 0 N–H and O–H groups in total. The van der Waals surface area contributed by atoms with Crippen molar-refractivity contribution in [3.05, 3.63) is 70.7 Å². The van der Waals surface area contributed by atoms with Gasteiger partial charge in [0.15, 0.2) is 9.84 Å². The molecule has 0 aliphatic rings. The zero-order chi connectivity index (χ0) is 14.8. The van der Waals surface area contributed by atoms with Gasteiger partial charge in [0.05, 0.1) is 20.7 Å². The van der Waals surface area contributed by atoms with Gasteiger partial charge in [0.25, 0.3) is 0 Å².